The molecule has 0 aliphatic heterocycles. The van der Waals surface area contributed by atoms with Crippen LogP contribution in [0.25, 0.3) is 0 Å². The fourth-order valence-corrected chi connectivity index (χ4v) is 1.34. The molecule has 0 aliphatic rings. The number of nitrogens with one attached hydrogen (secondary N) is 2. The molecule has 0 fully saturated rings. The molecule has 0 aliphatic carbocycles. The highest BCUT2D eigenvalue weighted by atomic mass is 16.5. The van der Waals surface area contributed by atoms with E-state index in [1.54, 1.807) is 7.11 Å². The first kappa shape index (κ1) is 14.9. The fraction of sp³-hybridized carbons (Fsp3) is 0.600. The van der Waals surface area contributed by atoms with Gasteiger partial charge in [0.15, 0.2) is 0 Å². The number of nitrogens with two attached hydrogens (primary N) is 1. The van der Waals surface area contributed by atoms with Crippen LogP contribution in [0.5, 0.6) is 0 Å². The first-order valence-electron chi connectivity index (χ1n) is 5.73. The quantitative estimate of drug-likeness (QED) is 0.524. The molecular formula is C10H18N6O3. The van der Waals surface area contributed by atoms with E-state index >= 15 is 0 Å². The number of aromatic amines is 1. The van der Waals surface area contributed by atoms with E-state index in [1.807, 2.05) is 0 Å². The molecule has 0 aromatic carbocycles. The third kappa shape index (κ3) is 4.92. The third-order valence-electron chi connectivity index (χ3n) is 2.28. The summed E-state index contributed by atoms with van der Waals surface area (Å²) < 4.78 is 4.86. The van der Waals surface area contributed by atoms with E-state index in [0.717, 1.165) is 6.42 Å². The van der Waals surface area contributed by atoms with Crippen LogP contribution in [0, 0.1) is 0 Å². The van der Waals surface area contributed by atoms with Crippen molar-refractivity contribution < 1.29 is 14.3 Å². The maximum Gasteiger partial charge on any atom is 0.291 e. The van der Waals surface area contributed by atoms with Gasteiger partial charge >= 0.3 is 0 Å². The molecule has 0 saturated carbocycles. The van der Waals surface area contributed by atoms with Gasteiger partial charge in [0.2, 0.25) is 17.7 Å². The smallest absolute Gasteiger partial charge is 0.291 e. The van der Waals surface area contributed by atoms with Crippen LogP contribution in [-0.4, -0.2) is 65.7 Å². The van der Waals surface area contributed by atoms with Crippen LogP contribution in [0.3, 0.4) is 0 Å². The summed E-state index contributed by atoms with van der Waals surface area (Å²) >= 11 is 0. The summed E-state index contributed by atoms with van der Waals surface area (Å²) in [5.74, 6) is -0.705. The third-order valence-corrected chi connectivity index (χ3v) is 2.28. The Morgan fingerprint density at radius 3 is 2.84 bits per heavy atom. The van der Waals surface area contributed by atoms with Crippen LogP contribution in [0.2, 0.25) is 0 Å². The van der Waals surface area contributed by atoms with Crippen molar-refractivity contribution in [2.45, 2.75) is 6.42 Å². The van der Waals surface area contributed by atoms with Gasteiger partial charge in [-0.2, -0.15) is 4.98 Å². The van der Waals surface area contributed by atoms with E-state index in [4.69, 9.17) is 10.5 Å². The molecule has 1 heterocycles. The molecule has 0 bridgehead atoms. The van der Waals surface area contributed by atoms with Gasteiger partial charge in [-0.15, -0.1) is 5.10 Å². The number of likely N-dealkylation sites (N-methyl/N-ethyl adjacent to an activating group) is 1. The Balaban J connectivity index is 2.35. The van der Waals surface area contributed by atoms with Crippen molar-refractivity contribution in [3.63, 3.8) is 0 Å². The molecule has 1 aromatic heterocycles. The number of nitrogens with zero attached hydrogens (tertiary/aromatic N) is 3. The Morgan fingerprint density at radius 2 is 2.26 bits per heavy atom. The van der Waals surface area contributed by atoms with Gasteiger partial charge in [0.25, 0.3) is 5.91 Å². The van der Waals surface area contributed by atoms with Crippen molar-refractivity contribution in [2.75, 3.05) is 39.6 Å². The van der Waals surface area contributed by atoms with Crippen LogP contribution >= 0.6 is 0 Å². The highest BCUT2D eigenvalue weighted by molar-refractivity contribution is 5.93. The predicted octanol–water partition coefficient (Wildman–Crippen LogP) is -1.39. The molecule has 0 radical (unpaired) electrons. The minimum absolute atomic E-state index is 0.00665. The molecule has 0 saturated heterocycles. The number of H-pyrrole nitrogens is 1. The molecule has 19 heavy (non-hydrogen) atoms. The lowest BCUT2D eigenvalue weighted by Gasteiger charge is -2.15. The molecular weight excluding hydrogens is 252 g/mol. The summed E-state index contributed by atoms with van der Waals surface area (Å²) in [5.41, 5.74) is 5.30. The van der Waals surface area contributed by atoms with Gasteiger partial charge in [-0.1, -0.05) is 0 Å². The van der Waals surface area contributed by atoms with E-state index in [2.05, 4.69) is 20.5 Å². The van der Waals surface area contributed by atoms with Crippen LogP contribution < -0.4 is 11.1 Å². The Bertz CT molecular complexity index is 433. The van der Waals surface area contributed by atoms with E-state index in [0.29, 0.717) is 13.2 Å². The van der Waals surface area contributed by atoms with Gasteiger partial charge in [-0.3, -0.25) is 14.7 Å². The number of carbonyl (C=O) groups is 2. The summed E-state index contributed by atoms with van der Waals surface area (Å²) in [4.78, 5) is 28.3. The molecule has 0 unspecified atom stereocenters. The number of hydrogen-bond donors (Lipinski definition) is 3. The highest BCUT2D eigenvalue weighted by Crippen LogP contribution is 1.98. The summed E-state index contributed by atoms with van der Waals surface area (Å²) in [7, 11) is 3.09. The molecule has 9 nitrogen and oxygen atoms in total. The normalized spacial score (nSPS) is 10.2. The number of amides is 2. The largest absolute Gasteiger partial charge is 0.385 e. The zero-order valence-electron chi connectivity index (χ0n) is 11.0. The molecule has 9 heteroatoms. The van der Waals surface area contributed by atoms with Crippen molar-refractivity contribution >= 4 is 17.8 Å². The number of aromatic nitrogens is 3. The number of anilines is 1. The zero-order chi connectivity index (χ0) is 14.3. The SMILES string of the molecule is COCCCNC(=O)CN(C)C(=O)c1nc(N)n[nH]1. The zero-order valence-corrected chi connectivity index (χ0v) is 11.0. The van der Waals surface area contributed by atoms with Gasteiger partial charge in [-0.05, 0) is 6.42 Å². The van der Waals surface area contributed by atoms with Gasteiger partial charge < -0.3 is 20.7 Å². The lowest BCUT2D eigenvalue weighted by molar-refractivity contribution is -0.121. The molecule has 2 amide bonds. The summed E-state index contributed by atoms with van der Waals surface area (Å²) in [6, 6.07) is 0. The molecule has 106 valence electrons. The van der Waals surface area contributed by atoms with Crippen LogP contribution in [0.1, 0.15) is 17.0 Å². The van der Waals surface area contributed by atoms with Gasteiger partial charge in [0.05, 0.1) is 6.54 Å². The first-order valence-corrected chi connectivity index (χ1v) is 5.73. The minimum Gasteiger partial charge on any atom is -0.385 e. The van der Waals surface area contributed by atoms with Gasteiger partial charge in [0, 0.05) is 27.3 Å². The van der Waals surface area contributed by atoms with E-state index in [9.17, 15) is 9.59 Å². The Labute approximate surface area is 110 Å². The monoisotopic (exact) mass is 270 g/mol. The van der Waals surface area contributed by atoms with Crippen molar-refractivity contribution in [1.82, 2.24) is 25.4 Å². The summed E-state index contributed by atoms with van der Waals surface area (Å²) in [5, 5.41) is 8.62. The average molecular weight is 270 g/mol. The number of rotatable bonds is 7. The van der Waals surface area contributed by atoms with Gasteiger partial charge in [-0.25, -0.2) is 0 Å². The van der Waals surface area contributed by atoms with E-state index < -0.39 is 5.91 Å². The average Bonchev–Trinajstić information content (AvgIpc) is 2.80. The van der Waals surface area contributed by atoms with E-state index in [-0.39, 0.29) is 24.2 Å². The van der Waals surface area contributed by atoms with Crippen molar-refractivity contribution in [3.05, 3.63) is 5.82 Å². The first-order chi connectivity index (χ1) is 9.04. The van der Waals surface area contributed by atoms with Crippen LogP contribution in [0.15, 0.2) is 0 Å². The number of methoxy groups -OCH3 is 1. The van der Waals surface area contributed by atoms with E-state index in [1.165, 1.54) is 11.9 Å². The van der Waals surface area contributed by atoms with Gasteiger partial charge in [0.1, 0.15) is 0 Å². The lowest BCUT2D eigenvalue weighted by Crippen LogP contribution is -2.39. The summed E-state index contributed by atoms with van der Waals surface area (Å²) in [6.07, 6.45) is 0.721. The molecule has 0 atom stereocenters. The van der Waals surface area contributed by atoms with Crippen molar-refractivity contribution in [2.24, 2.45) is 0 Å². The van der Waals surface area contributed by atoms with Crippen LogP contribution in [0.4, 0.5) is 5.95 Å². The Hall–Kier alpha value is -2.16. The second-order valence-corrected chi connectivity index (χ2v) is 3.90. The summed E-state index contributed by atoms with van der Waals surface area (Å²) in [6.45, 7) is 1.02. The molecule has 0 spiro atoms. The Kier molecular flexibility index (Phi) is 5.73. The number of ether oxygens (including phenoxy) is 1. The second-order valence-electron chi connectivity index (χ2n) is 3.90. The lowest BCUT2D eigenvalue weighted by atomic mass is 10.4. The maximum absolute atomic E-state index is 11.8. The predicted molar refractivity (Wildman–Crippen MR) is 67.3 cm³/mol. The van der Waals surface area contributed by atoms with Crippen LogP contribution in [-0.2, 0) is 9.53 Å². The fourth-order valence-electron chi connectivity index (χ4n) is 1.34. The van der Waals surface area contributed by atoms with Crippen molar-refractivity contribution in [1.29, 1.82) is 0 Å². The minimum atomic E-state index is -0.448. The number of hydrogen-bond acceptors (Lipinski definition) is 6. The standard InChI is InChI=1S/C10H18N6O3/c1-16(6-7(17)12-4-3-5-19-2)9(18)8-13-10(11)15-14-8/h3-6H2,1-2H3,(H,12,17)(H3,11,13,14,15). The topological polar surface area (TPSA) is 126 Å². The van der Waals surface area contributed by atoms with Crippen molar-refractivity contribution in [3.8, 4) is 0 Å². The highest BCUT2D eigenvalue weighted by Gasteiger charge is 2.17. The maximum atomic E-state index is 11.8. The molecule has 1 aromatic rings. The number of nitrogen functional groups attached to an aromatic ring is 1. The second kappa shape index (κ2) is 7.31. The Morgan fingerprint density at radius 1 is 1.53 bits per heavy atom. The number of carbonyl (C=O) groups excluding carboxylic acids is 2. The molecule has 1 rings (SSSR count). The molecule has 4 N–H and O–H groups in total.